The van der Waals surface area contributed by atoms with Gasteiger partial charge >= 0.3 is 6.61 Å². The summed E-state index contributed by atoms with van der Waals surface area (Å²) in [6.07, 6.45) is 2.79. The second kappa shape index (κ2) is 12.1. The van der Waals surface area contributed by atoms with Gasteiger partial charge in [-0.15, -0.1) is 0 Å². The van der Waals surface area contributed by atoms with Gasteiger partial charge in [0.25, 0.3) is 0 Å². The van der Waals surface area contributed by atoms with Crippen molar-refractivity contribution >= 4 is 5.96 Å². The van der Waals surface area contributed by atoms with E-state index in [4.69, 9.17) is 0 Å². The zero-order valence-electron chi connectivity index (χ0n) is 17.6. The summed E-state index contributed by atoms with van der Waals surface area (Å²) in [5, 5.41) is 16.7. The maximum Gasteiger partial charge on any atom is 0.387 e. The number of ether oxygens (including phenoxy) is 1. The summed E-state index contributed by atoms with van der Waals surface area (Å²) >= 11 is 0. The molecule has 8 heteroatoms. The van der Waals surface area contributed by atoms with Crippen LogP contribution in [0.3, 0.4) is 0 Å². The molecule has 0 bridgehead atoms. The Labute approximate surface area is 176 Å². The highest BCUT2D eigenvalue weighted by Gasteiger charge is 2.16. The molecule has 0 aliphatic carbocycles. The Bertz CT molecular complexity index is 770. The molecule has 6 nitrogen and oxygen atoms in total. The maximum absolute atomic E-state index is 12.2. The first-order chi connectivity index (χ1) is 14.4. The fraction of sp³-hybridized carbons (Fsp3) is 0.455. The first-order valence-corrected chi connectivity index (χ1v) is 10.1. The van der Waals surface area contributed by atoms with Gasteiger partial charge in [0, 0.05) is 37.9 Å². The molecular formula is C22H30F2N4O2. The van der Waals surface area contributed by atoms with Crippen molar-refractivity contribution in [3.05, 3.63) is 59.9 Å². The quantitative estimate of drug-likeness (QED) is 0.403. The summed E-state index contributed by atoms with van der Waals surface area (Å²) in [7, 11) is 0. The molecule has 3 N–H and O–H groups in total. The Kier molecular flexibility index (Phi) is 9.47. The number of hydrogen-bond acceptors (Lipinski definition) is 4. The SMILES string of the molecule is CCNC(=NCC(c1cccnc1)C(C)C)NCC(O)c1ccc(OC(F)F)cc1. The van der Waals surface area contributed by atoms with E-state index in [-0.39, 0.29) is 18.2 Å². The molecule has 0 saturated carbocycles. The lowest BCUT2D eigenvalue weighted by Gasteiger charge is -2.20. The van der Waals surface area contributed by atoms with Crippen molar-refractivity contribution in [1.82, 2.24) is 15.6 Å². The summed E-state index contributed by atoms with van der Waals surface area (Å²) in [6.45, 7) is 4.88. The number of alkyl halides is 2. The van der Waals surface area contributed by atoms with Crippen LogP contribution in [-0.2, 0) is 0 Å². The zero-order chi connectivity index (χ0) is 21.9. The molecule has 0 radical (unpaired) electrons. The number of pyridine rings is 1. The standard InChI is InChI=1S/C22H30F2N4O2/c1-4-26-22(27-13-19(15(2)3)17-6-5-11-25-12-17)28-14-20(29)16-7-9-18(10-8-16)30-21(23)24/h5-12,15,19-21,29H,4,13-14H2,1-3H3,(H2,26,27,28). The highest BCUT2D eigenvalue weighted by Crippen LogP contribution is 2.24. The fourth-order valence-corrected chi connectivity index (χ4v) is 3.01. The summed E-state index contributed by atoms with van der Waals surface area (Å²) in [5.74, 6) is 1.27. The minimum atomic E-state index is -2.87. The topological polar surface area (TPSA) is 78.8 Å². The molecule has 0 aliphatic heterocycles. The predicted octanol–water partition coefficient (Wildman–Crippen LogP) is 3.71. The monoisotopic (exact) mass is 420 g/mol. The number of halogens is 2. The Morgan fingerprint density at radius 1 is 1.13 bits per heavy atom. The molecule has 0 fully saturated rings. The molecule has 0 amide bonds. The van der Waals surface area contributed by atoms with Crippen LogP contribution in [0.25, 0.3) is 0 Å². The van der Waals surface area contributed by atoms with Crippen LogP contribution >= 0.6 is 0 Å². The van der Waals surface area contributed by atoms with Crippen molar-refractivity contribution in [2.75, 3.05) is 19.6 Å². The van der Waals surface area contributed by atoms with E-state index < -0.39 is 12.7 Å². The first kappa shape index (κ1) is 23.5. The zero-order valence-corrected chi connectivity index (χ0v) is 17.6. The number of rotatable bonds is 10. The molecule has 1 aromatic carbocycles. The molecule has 2 aromatic rings. The number of aromatic nitrogens is 1. The van der Waals surface area contributed by atoms with E-state index in [9.17, 15) is 13.9 Å². The van der Waals surface area contributed by atoms with Crippen molar-refractivity contribution in [3.8, 4) is 5.75 Å². The largest absolute Gasteiger partial charge is 0.435 e. The molecule has 2 rings (SSSR count). The number of benzene rings is 1. The van der Waals surface area contributed by atoms with Crippen LogP contribution in [0.1, 0.15) is 43.9 Å². The summed E-state index contributed by atoms with van der Waals surface area (Å²) in [6, 6.07) is 9.91. The first-order valence-electron chi connectivity index (χ1n) is 10.1. The van der Waals surface area contributed by atoms with Gasteiger partial charge in [-0.3, -0.25) is 9.98 Å². The lowest BCUT2D eigenvalue weighted by atomic mass is 9.89. The van der Waals surface area contributed by atoms with Crippen LogP contribution in [0.2, 0.25) is 0 Å². The lowest BCUT2D eigenvalue weighted by molar-refractivity contribution is -0.0498. The van der Waals surface area contributed by atoms with Crippen molar-refractivity contribution < 1.29 is 18.6 Å². The van der Waals surface area contributed by atoms with Gasteiger partial charge < -0.3 is 20.5 Å². The van der Waals surface area contributed by atoms with E-state index >= 15 is 0 Å². The second-order valence-corrected chi connectivity index (χ2v) is 7.20. The van der Waals surface area contributed by atoms with E-state index in [2.05, 4.69) is 45.3 Å². The van der Waals surface area contributed by atoms with Gasteiger partial charge in [-0.2, -0.15) is 8.78 Å². The number of nitrogens with one attached hydrogen (secondary N) is 2. The van der Waals surface area contributed by atoms with Gasteiger partial charge in [0.05, 0.1) is 6.10 Å². The van der Waals surface area contributed by atoms with E-state index in [0.29, 0.717) is 30.5 Å². The van der Waals surface area contributed by atoms with E-state index in [1.807, 2.05) is 19.2 Å². The van der Waals surface area contributed by atoms with E-state index in [1.165, 1.54) is 12.1 Å². The van der Waals surface area contributed by atoms with Crippen molar-refractivity contribution in [3.63, 3.8) is 0 Å². The minimum absolute atomic E-state index is 0.0546. The van der Waals surface area contributed by atoms with Crippen LogP contribution in [0.15, 0.2) is 53.8 Å². The Balaban J connectivity index is 1.98. The third-order valence-electron chi connectivity index (χ3n) is 4.66. The van der Waals surface area contributed by atoms with E-state index in [0.717, 1.165) is 5.56 Å². The number of guanidine groups is 1. The molecular weight excluding hydrogens is 390 g/mol. The average molecular weight is 421 g/mol. The molecule has 30 heavy (non-hydrogen) atoms. The highest BCUT2D eigenvalue weighted by molar-refractivity contribution is 5.79. The molecule has 1 aromatic heterocycles. The van der Waals surface area contributed by atoms with Crippen molar-refractivity contribution in [2.45, 2.75) is 39.4 Å². The molecule has 2 atom stereocenters. The molecule has 0 saturated heterocycles. The van der Waals surface area contributed by atoms with Crippen molar-refractivity contribution in [1.29, 1.82) is 0 Å². The maximum atomic E-state index is 12.2. The van der Waals surface area contributed by atoms with Gasteiger partial charge in [0.15, 0.2) is 5.96 Å². The molecule has 0 spiro atoms. The van der Waals surface area contributed by atoms with Gasteiger partial charge in [0.1, 0.15) is 5.75 Å². The Hall–Kier alpha value is -2.74. The van der Waals surface area contributed by atoms with Gasteiger partial charge in [-0.25, -0.2) is 0 Å². The fourth-order valence-electron chi connectivity index (χ4n) is 3.01. The Morgan fingerprint density at radius 3 is 2.43 bits per heavy atom. The normalized spacial score (nSPS) is 13.9. The lowest BCUT2D eigenvalue weighted by Crippen LogP contribution is -2.39. The van der Waals surface area contributed by atoms with Gasteiger partial charge in [0.2, 0.25) is 0 Å². The van der Waals surface area contributed by atoms with E-state index in [1.54, 1.807) is 18.3 Å². The van der Waals surface area contributed by atoms with Crippen LogP contribution in [0, 0.1) is 5.92 Å². The summed E-state index contributed by atoms with van der Waals surface area (Å²) in [4.78, 5) is 8.88. The third-order valence-corrected chi connectivity index (χ3v) is 4.66. The average Bonchev–Trinajstić information content (AvgIpc) is 2.72. The Morgan fingerprint density at radius 2 is 1.87 bits per heavy atom. The number of nitrogens with zero attached hydrogens (tertiary/aromatic N) is 2. The number of aliphatic imine (C=N–C) groups is 1. The smallest absolute Gasteiger partial charge is 0.387 e. The van der Waals surface area contributed by atoms with Crippen molar-refractivity contribution in [2.24, 2.45) is 10.9 Å². The molecule has 164 valence electrons. The molecule has 2 unspecified atom stereocenters. The van der Waals surface area contributed by atoms with Gasteiger partial charge in [-0.1, -0.05) is 32.0 Å². The molecule has 1 heterocycles. The third kappa shape index (κ3) is 7.59. The minimum Gasteiger partial charge on any atom is -0.435 e. The van der Waals surface area contributed by atoms with Gasteiger partial charge in [-0.05, 0) is 42.2 Å². The summed E-state index contributed by atoms with van der Waals surface area (Å²) in [5.41, 5.74) is 1.73. The number of aliphatic hydroxyl groups excluding tert-OH is 1. The second-order valence-electron chi connectivity index (χ2n) is 7.20. The predicted molar refractivity (Wildman–Crippen MR) is 114 cm³/mol. The highest BCUT2D eigenvalue weighted by atomic mass is 19.3. The van der Waals surface area contributed by atoms with Crippen LogP contribution in [0.5, 0.6) is 5.75 Å². The van der Waals surface area contributed by atoms with Crippen LogP contribution in [0.4, 0.5) is 8.78 Å². The van der Waals surface area contributed by atoms with Crippen LogP contribution < -0.4 is 15.4 Å². The summed E-state index contributed by atoms with van der Waals surface area (Å²) < 4.78 is 28.8. The molecule has 0 aliphatic rings. The number of aliphatic hydroxyl groups is 1. The van der Waals surface area contributed by atoms with Crippen LogP contribution in [-0.4, -0.2) is 42.3 Å². The number of hydrogen-bond donors (Lipinski definition) is 3.